The highest BCUT2D eigenvalue weighted by Crippen LogP contribution is 2.11. The smallest absolute Gasteiger partial charge is 0.380 e. The van der Waals surface area contributed by atoms with Crippen LogP contribution >= 0.6 is 0 Å². The van der Waals surface area contributed by atoms with E-state index in [-0.39, 0.29) is 5.76 Å². The molecule has 0 amide bonds. The van der Waals surface area contributed by atoms with Crippen molar-refractivity contribution >= 4 is 5.97 Å². The second kappa shape index (κ2) is 6.03. The van der Waals surface area contributed by atoms with Crippen LogP contribution in [0.25, 0.3) is 0 Å². The van der Waals surface area contributed by atoms with E-state index in [4.69, 9.17) is 16.0 Å². The summed E-state index contributed by atoms with van der Waals surface area (Å²) >= 11 is 0. The monoisotopic (exact) mass is 228 g/mol. The molecule has 5 heteroatoms. The van der Waals surface area contributed by atoms with Gasteiger partial charge in [0.1, 0.15) is 11.7 Å². The highest BCUT2D eigenvalue weighted by Gasteiger charge is 2.19. The molecule has 5 nitrogen and oxygen atoms in total. The number of ether oxygens (including phenoxy) is 2. The molecule has 1 unspecified atom stereocenters. The molecule has 0 bridgehead atoms. The highest BCUT2D eigenvalue weighted by atomic mass is 17.2. The van der Waals surface area contributed by atoms with Crippen molar-refractivity contribution in [2.75, 3.05) is 0 Å². The van der Waals surface area contributed by atoms with Crippen LogP contribution in [0.5, 0.6) is 0 Å². The minimum atomic E-state index is -0.868. The maximum absolute atomic E-state index is 11.3. The van der Waals surface area contributed by atoms with Gasteiger partial charge in [-0.25, -0.2) is 4.79 Å². The van der Waals surface area contributed by atoms with Crippen LogP contribution in [0, 0.1) is 12.5 Å². The largest absolute Gasteiger partial charge is 0.419 e. The quantitative estimate of drug-likeness (QED) is 0.136. The fourth-order valence-electron chi connectivity index (χ4n) is 0.546. The molecule has 0 aromatic rings. The van der Waals surface area contributed by atoms with Crippen molar-refractivity contribution in [3.63, 3.8) is 0 Å². The van der Waals surface area contributed by atoms with Gasteiger partial charge >= 0.3 is 5.97 Å². The van der Waals surface area contributed by atoms with E-state index >= 15 is 0 Å². The molecule has 0 aromatic carbocycles. The zero-order chi connectivity index (χ0) is 12.8. The molecule has 0 heterocycles. The highest BCUT2D eigenvalue weighted by molar-refractivity contribution is 5.85. The molecule has 0 fully saturated rings. The van der Waals surface area contributed by atoms with Gasteiger partial charge in [0.05, 0.1) is 0 Å². The van der Waals surface area contributed by atoms with Gasteiger partial charge in [-0.2, -0.15) is 4.89 Å². The molecular formula is C11H16O5. The van der Waals surface area contributed by atoms with Crippen molar-refractivity contribution in [2.24, 2.45) is 0 Å². The minimum absolute atomic E-state index is 0.276. The van der Waals surface area contributed by atoms with Gasteiger partial charge in [0.2, 0.25) is 5.76 Å². The van der Waals surface area contributed by atoms with Gasteiger partial charge in [-0.3, -0.25) is 0 Å². The normalized spacial score (nSPS) is 12.2. The molecule has 16 heavy (non-hydrogen) atoms. The first-order chi connectivity index (χ1) is 7.26. The average molecular weight is 228 g/mol. The third-order valence-electron chi connectivity index (χ3n) is 1.13. The Hall–Kier alpha value is -1.67. The van der Waals surface area contributed by atoms with Crippen LogP contribution in [-0.4, -0.2) is 17.9 Å². The molecule has 0 aromatic heterocycles. The van der Waals surface area contributed by atoms with Gasteiger partial charge in [-0.15, -0.1) is 0 Å². The van der Waals surface area contributed by atoms with Crippen molar-refractivity contribution in [2.45, 2.75) is 39.6 Å². The molecule has 0 saturated carbocycles. The fraction of sp³-hybridized carbons (Fsp3) is 0.545. The van der Waals surface area contributed by atoms with Gasteiger partial charge in [0.25, 0.3) is 6.29 Å². The number of carbonyl (C=O) groups excluding carboxylic acids is 1. The molecule has 0 aliphatic carbocycles. The maximum Gasteiger partial charge on any atom is 0.380 e. The van der Waals surface area contributed by atoms with Crippen LogP contribution in [0.1, 0.15) is 27.7 Å². The van der Waals surface area contributed by atoms with Crippen LogP contribution in [0.2, 0.25) is 0 Å². The van der Waals surface area contributed by atoms with E-state index in [1.807, 2.05) is 6.11 Å². The first-order valence-corrected chi connectivity index (χ1v) is 4.63. The first-order valence-electron chi connectivity index (χ1n) is 4.63. The zero-order valence-corrected chi connectivity index (χ0v) is 9.90. The summed E-state index contributed by atoms with van der Waals surface area (Å²) in [7, 11) is 0. The lowest BCUT2D eigenvalue weighted by molar-refractivity contribution is -0.321. The molecule has 0 saturated heterocycles. The minimum Gasteiger partial charge on any atom is -0.419 e. The number of esters is 1. The van der Waals surface area contributed by atoms with Crippen LogP contribution in [-0.2, 0) is 24.0 Å². The average Bonchev–Trinajstić information content (AvgIpc) is 2.13. The third-order valence-corrected chi connectivity index (χ3v) is 1.13. The Morgan fingerprint density at radius 3 is 2.44 bits per heavy atom. The third kappa shape index (κ3) is 6.74. The summed E-state index contributed by atoms with van der Waals surface area (Å²) in [5.74, 6) is -1.07. The molecule has 90 valence electrons. The SMILES string of the molecule is C#COC(C)OC(=O)C(=C)OOC(C)(C)C. The van der Waals surface area contributed by atoms with E-state index < -0.39 is 17.9 Å². The van der Waals surface area contributed by atoms with Crippen molar-refractivity contribution in [3.05, 3.63) is 12.3 Å². The summed E-state index contributed by atoms with van der Waals surface area (Å²) in [6.07, 6.45) is 5.88. The Morgan fingerprint density at radius 1 is 1.44 bits per heavy atom. The van der Waals surface area contributed by atoms with E-state index in [0.29, 0.717) is 0 Å². The van der Waals surface area contributed by atoms with E-state index in [1.165, 1.54) is 6.92 Å². The fourth-order valence-corrected chi connectivity index (χ4v) is 0.546. The Morgan fingerprint density at radius 2 is 2.00 bits per heavy atom. The van der Waals surface area contributed by atoms with Crippen LogP contribution < -0.4 is 0 Å². The number of carbonyl (C=O) groups is 1. The Balaban J connectivity index is 4.02. The van der Waals surface area contributed by atoms with Crippen LogP contribution in [0.15, 0.2) is 12.3 Å². The van der Waals surface area contributed by atoms with Crippen molar-refractivity contribution in [1.82, 2.24) is 0 Å². The summed E-state index contributed by atoms with van der Waals surface area (Å²) in [6, 6.07) is 0. The lowest BCUT2D eigenvalue weighted by Crippen LogP contribution is -2.23. The molecule has 0 N–H and O–H groups in total. The van der Waals surface area contributed by atoms with Crippen LogP contribution in [0.4, 0.5) is 0 Å². The Kier molecular flexibility index (Phi) is 5.40. The van der Waals surface area contributed by atoms with Gasteiger partial charge < -0.3 is 14.4 Å². The summed E-state index contributed by atoms with van der Waals surface area (Å²) < 4.78 is 9.26. The Labute approximate surface area is 95.2 Å². The van der Waals surface area contributed by atoms with Gasteiger partial charge in [-0.05, 0) is 27.4 Å². The predicted octanol–water partition coefficient (Wildman–Crippen LogP) is 1.74. The second-order valence-electron chi connectivity index (χ2n) is 3.91. The molecule has 0 aliphatic rings. The van der Waals surface area contributed by atoms with Crippen molar-refractivity contribution < 1.29 is 24.0 Å². The van der Waals surface area contributed by atoms with Crippen molar-refractivity contribution in [3.8, 4) is 12.5 Å². The summed E-state index contributed by atoms with van der Waals surface area (Å²) in [6.45, 7) is 10.1. The lowest BCUT2D eigenvalue weighted by Gasteiger charge is -2.18. The molecular weight excluding hydrogens is 212 g/mol. The lowest BCUT2D eigenvalue weighted by atomic mass is 10.2. The van der Waals surface area contributed by atoms with Crippen LogP contribution in [0.3, 0.4) is 0 Å². The molecule has 1 atom stereocenters. The summed E-state index contributed by atoms with van der Waals surface area (Å²) in [4.78, 5) is 20.8. The van der Waals surface area contributed by atoms with Gasteiger partial charge in [0, 0.05) is 6.92 Å². The topological polar surface area (TPSA) is 54.0 Å². The molecule has 0 radical (unpaired) electrons. The molecule has 0 rings (SSSR count). The number of hydrogen-bond donors (Lipinski definition) is 0. The standard InChI is InChI=1S/C11H16O5/c1-7-13-9(3)14-10(12)8(2)15-16-11(4,5)6/h1,9H,2H2,3-6H3. The number of rotatable bonds is 5. The first kappa shape index (κ1) is 14.3. The number of terminal acetylenes is 1. The predicted molar refractivity (Wildman–Crippen MR) is 56.5 cm³/mol. The molecule has 0 aliphatic heterocycles. The maximum atomic E-state index is 11.3. The van der Waals surface area contributed by atoms with E-state index in [1.54, 1.807) is 20.8 Å². The molecule has 0 spiro atoms. The van der Waals surface area contributed by atoms with E-state index in [9.17, 15) is 4.79 Å². The van der Waals surface area contributed by atoms with E-state index in [2.05, 4.69) is 16.2 Å². The summed E-state index contributed by atoms with van der Waals surface area (Å²) in [5.41, 5.74) is -0.551. The van der Waals surface area contributed by atoms with Gasteiger partial charge in [0.15, 0.2) is 0 Å². The van der Waals surface area contributed by atoms with Crippen molar-refractivity contribution in [1.29, 1.82) is 0 Å². The number of hydrogen-bond acceptors (Lipinski definition) is 5. The second-order valence-corrected chi connectivity index (χ2v) is 3.91. The van der Waals surface area contributed by atoms with Gasteiger partial charge in [-0.1, -0.05) is 6.42 Å². The summed E-state index contributed by atoms with van der Waals surface area (Å²) in [5, 5.41) is 0. The Bertz CT molecular complexity index is 294. The zero-order valence-electron chi connectivity index (χ0n) is 9.90. The van der Waals surface area contributed by atoms with E-state index in [0.717, 1.165) is 0 Å².